The van der Waals surface area contributed by atoms with Crippen molar-refractivity contribution < 1.29 is 8.42 Å². The molecular weight excluding hydrogens is 376 g/mol. The van der Waals surface area contributed by atoms with Crippen LogP contribution in [0, 0.1) is 0 Å². The number of halogens is 4. The van der Waals surface area contributed by atoms with Gasteiger partial charge in [-0.3, -0.25) is 0 Å². The van der Waals surface area contributed by atoms with Gasteiger partial charge in [0.2, 0.25) is 10.0 Å². The van der Waals surface area contributed by atoms with Gasteiger partial charge in [0.05, 0.1) is 15.1 Å². The number of nitrogens with one attached hydrogen (secondary N) is 1. The second kappa shape index (κ2) is 6.73. The smallest absolute Gasteiger partial charge is 0.207 e. The van der Waals surface area contributed by atoms with Gasteiger partial charge in [-0.1, -0.05) is 58.5 Å². The van der Waals surface area contributed by atoms with Crippen LogP contribution in [-0.4, -0.2) is 8.42 Å². The fraction of sp³-hybridized carbons (Fsp3) is 0.0769. The van der Waals surface area contributed by atoms with Gasteiger partial charge in [-0.05, 0) is 29.8 Å². The Morgan fingerprint density at radius 1 is 0.905 bits per heavy atom. The third-order valence-electron chi connectivity index (χ3n) is 2.62. The molecule has 2 aromatic carbocycles. The highest BCUT2D eigenvalue weighted by Crippen LogP contribution is 2.31. The maximum absolute atomic E-state index is 12.2. The zero-order chi connectivity index (χ0) is 15.6. The summed E-state index contributed by atoms with van der Waals surface area (Å²) in [6.07, 6.45) is 0. The summed E-state index contributed by atoms with van der Waals surface area (Å²) < 4.78 is 26.9. The minimum Gasteiger partial charge on any atom is -0.207 e. The Kier molecular flexibility index (Phi) is 5.41. The molecule has 0 aliphatic heterocycles. The minimum absolute atomic E-state index is 0.00277. The molecular formula is C13H9Cl4NO2S. The minimum atomic E-state index is -3.81. The van der Waals surface area contributed by atoms with Gasteiger partial charge < -0.3 is 0 Å². The molecule has 8 heteroatoms. The predicted molar refractivity (Wildman–Crippen MR) is 86.9 cm³/mol. The van der Waals surface area contributed by atoms with Crippen LogP contribution in [0.25, 0.3) is 0 Å². The van der Waals surface area contributed by atoms with Crippen LogP contribution in [0.4, 0.5) is 0 Å². The molecule has 0 aliphatic carbocycles. The summed E-state index contributed by atoms with van der Waals surface area (Å²) >= 11 is 23.4. The van der Waals surface area contributed by atoms with Crippen molar-refractivity contribution in [3.63, 3.8) is 0 Å². The number of sulfonamides is 1. The molecule has 0 aliphatic rings. The Morgan fingerprint density at radius 3 is 2.24 bits per heavy atom. The van der Waals surface area contributed by atoms with Crippen LogP contribution in [0.2, 0.25) is 20.1 Å². The number of hydrogen-bond donors (Lipinski definition) is 1. The van der Waals surface area contributed by atoms with Crippen molar-refractivity contribution >= 4 is 56.4 Å². The average Bonchev–Trinajstić information content (AvgIpc) is 2.41. The maximum atomic E-state index is 12.2. The molecule has 112 valence electrons. The van der Waals surface area contributed by atoms with Gasteiger partial charge in [0.15, 0.2) is 0 Å². The van der Waals surface area contributed by atoms with Crippen LogP contribution in [0.15, 0.2) is 41.3 Å². The zero-order valence-electron chi connectivity index (χ0n) is 10.4. The van der Waals surface area contributed by atoms with E-state index >= 15 is 0 Å². The third kappa shape index (κ3) is 4.25. The molecule has 21 heavy (non-hydrogen) atoms. The van der Waals surface area contributed by atoms with Gasteiger partial charge in [0, 0.05) is 11.6 Å². The number of rotatable bonds is 4. The van der Waals surface area contributed by atoms with Crippen LogP contribution in [0.5, 0.6) is 0 Å². The van der Waals surface area contributed by atoms with E-state index in [0.717, 1.165) is 5.56 Å². The van der Waals surface area contributed by atoms with E-state index in [1.165, 1.54) is 12.1 Å². The molecule has 0 radical (unpaired) electrons. The molecule has 0 spiro atoms. The Balaban J connectivity index is 2.25. The van der Waals surface area contributed by atoms with Crippen LogP contribution >= 0.6 is 46.4 Å². The normalized spacial score (nSPS) is 11.6. The van der Waals surface area contributed by atoms with E-state index in [9.17, 15) is 8.42 Å². The van der Waals surface area contributed by atoms with Crippen molar-refractivity contribution in [2.75, 3.05) is 0 Å². The summed E-state index contributed by atoms with van der Waals surface area (Å²) in [5.41, 5.74) is 0.724. The summed E-state index contributed by atoms with van der Waals surface area (Å²) in [6.45, 7) is 0.0828. The standard InChI is InChI=1S/C13H9Cl4NO2S/c14-9-3-1-2-8(4-9)7-18-21(19,20)13-6-11(16)10(15)5-12(13)17/h1-6,18H,7H2. The van der Waals surface area contributed by atoms with E-state index in [1.807, 2.05) is 0 Å². The Bertz CT molecular complexity index is 778. The second-order valence-electron chi connectivity index (χ2n) is 4.15. The Morgan fingerprint density at radius 2 is 1.57 bits per heavy atom. The van der Waals surface area contributed by atoms with Crippen molar-refractivity contribution in [1.82, 2.24) is 4.72 Å². The van der Waals surface area contributed by atoms with Crippen molar-refractivity contribution in [2.24, 2.45) is 0 Å². The lowest BCUT2D eigenvalue weighted by atomic mass is 10.2. The topological polar surface area (TPSA) is 46.2 Å². The molecule has 0 fully saturated rings. The van der Waals surface area contributed by atoms with Crippen LogP contribution in [0.3, 0.4) is 0 Å². The van der Waals surface area contributed by atoms with E-state index in [4.69, 9.17) is 46.4 Å². The molecule has 1 N–H and O–H groups in total. The lowest BCUT2D eigenvalue weighted by molar-refractivity contribution is 0.581. The van der Waals surface area contributed by atoms with Crippen molar-refractivity contribution in [3.8, 4) is 0 Å². The first-order valence-corrected chi connectivity index (χ1v) is 8.68. The van der Waals surface area contributed by atoms with Crippen LogP contribution < -0.4 is 4.72 Å². The molecule has 0 unspecified atom stereocenters. The molecule has 0 heterocycles. The molecule has 3 nitrogen and oxygen atoms in total. The van der Waals surface area contributed by atoms with E-state index in [0.29, 0.717) is 5.02 Å². The monoisotopic (exact) mass is 383 g/mol. The van der Waals surface area contributed by atoms with E-state index in [2.05, 4.69) is 4.72 Å². The first kappa shape index (κ1) is 16.9. The van der Waals surface area contributed by atoms with Crippen LogP contribution in [0.1, 0.15) is 5.56 Å². The fourth-order valence-corrected chi connectivity index (χ4v) is 3.84. The van der Waals surface area contributed by atoms with Crippen molar-refractivity contribution in [1.29, 1.82) is 0 Å². The SMILES string of the molecule is O=S(=O)(NCc1cccc(Cl)c1)c1cc(Cl)c(Cl)cc1Cl. The van der Waals surface area contributed by atoms with Gasteiger partial charge in [-0.2, -0.15) is 0 Å². The quantitative estimate of drug-likeness (QED) is 0.771. The Hall–Kier alpha value is -0.490. The molecule has 0 aromatic heterocycles. The highest BCUT2D eigenvalue weighted by Gasteiger charge is 2.19. The van der Waals surface area contributed by atoms with Crippen molar-refractivity contribution in [3.05, 3.63) is 62.1 Å². The molecule has 0 bridgehead atoms. The molecule has 0 atom stereocenters. The first-order valence-electron chi connectivity index (χ1n) is 5.68. The van der Waals surface area contributed by atoms with E-state index < -0.39 is 10.0 Å². The maximum Gasteiger partial charge on any atom is 0.242 e. The fourth-order valence-electron chi connectivity index (χ4n) is 1.61. The van der Waals surface area contributed by atoms with E-state index in [-0.39, 0.29) is 26.5 Å². The summed E-state index contributed by atoms with van der Waals surface area (Å²) in [7, 11) is -3.81. The van der Waals surface area contributed by atoms with Gasteiger partial charge in [0.1, 0.15) is 4.90 Å². The van der Waals surface area contributed by atoms with Crippen LogP contribution in [-0.2, 0) is 16.6 Å². The second-order valence-corrected chi connectivity index (χ2v) is 7.54. The van der Waals surface area contributed by atoms with Gasteiger partial charge in [-0.25, -0.2) is 13.1 Å². The van der Waals surface area contributed by atoms with Gasteiger partial charge in [-0.15, -0.1) is 0 Å². The Labute approximate surface area is 142 Å². The number of hydrogen-bond acceptors (Lipinski definition) is 2. The average molecular weight is 385 g/mol. The largest absolute Gasteiger partial charge is 0.242 e. The lowest BCUT2D eigenvalue weighted by Gasteiger charge is -2.10. The number of benzene rings is 2. The molecule has 0 saturated carbocycles. The highest BCUT2D eigenvalue weighted by molar-refractivity contribution is 7.89. The van der Waals surface area contributed by atoms with E-state index in [1.54, 1.807) is 24.3 Å². The predicted octanol–water partition coefficient (Wildman–Crippen LogP) is 4.78. The molecule has 0 saturated heterocycles. The van der Waals surface area contributed by atoms with Crippen molar-refractivity contribution in [2.45, 2.75) is 11.4 Å². The zero-order valence-corrected chi connectivity index (χ0v) is 14.2. The highest BCUT2D eigenvalue weighted by atomic mass is 35.5. The first-order chi connectivity index (χ1) is 9.79. The molecule has 2 rings (SSSR count). The lowest BCUT2D eigenvalue weighted by Crippen LogP contribution is -2.23. The molecule has 2 aromatic rings. The third-order valence-corrected chi connectivity index (χ3v) is 5.44. The summed E-state index contributed by atoms with van der Waals surface area (Å²) in [6, 6.07) is 9.37. The summed E-state index contributed by atoms with van der Waals surface area (Å²) in [5, 5.41) is 0.835. The summed E-state index contributed by atoms with van der Waals surface area (Å²) in [5.74, 6) is 0. The van der Waals surface area contributed by atoms with Gasteiger partial charge >= 0.3 is 0 Å². The van der Waals surface area contributed by atoms with Gasteiger partial charge in [0.25, 0.3) is 0 Å². The summed E-state index contributed by atoms with van der Waals surface area (Å²) in [4.78, 5) is -0.124. The molecule has 0 amide bonds.